The van der Waals surface area contributed by atoms with Crippen molar-refractivity contribution in [1.82, 2.24) is 9.80 Å². The number of rotatable bonds is 8. The molecule has 198 valence electrons. The van der Waals surface area contributed by atoms with Gasteiger partial charge in [0, 0.05) is 50.1 Å². The van der Waals surface area contributed by atoms with Gasteiger partial charge in [-0.05, 0) is 29.7 Å². The second-order valence-electron chi connectivity index (χ2n) is 8.52. The molecule has 12 heteroatoms. The van der Waals surface area contributed by atoms with E-state index in [1.54, 1.807) is 29.2 Å². The first kappa shape index (κ1) is 29.5. The summed E-state index contributed by atoms with van der Waals surface area (Å²) in [5.41, 5.74) is 6.46. The standard InChI is InChI=1S/C23H25ClF5N3O.CH2O2/c1-31(22(33)10-15(30)8-14-9-19(26)20(27)11-18(14)25)12-21(16-4-2-3-5-17(16)24)32-7-6-23(28,29)13-32;2-1-3/h2-5,9,11,15,21H,6-8,10,12-13,30H2,1H3;1H,(H,2,3)/t15-,21-;/m1./s1. The van der Waals surface area contributed by atoms with E-state index >= 15 is 0 Å². The first-order chi connectivity index (χ1) is 16.9. The van der Waals surface area contributed by atoms with Gasteiger partial charge in [0.2, 0.25) is 5.91 Å². The average Bonchev–Trinajstić information content (AvgIpc) is 3.16. The van der Waals surface area contributed by atoms with Crippen LogP contribution in [0.3, 0.4) is 0 Å². The highest BCUT2D eigenvalue weighted by Crippen LogP contribution is 2.36. The van der Waals surface area contributed by atoms with E-state index in [9.17, 15) is 26.7 Å². The first-order valence-electron chi connectivity index (χ1n) is 11.0. The quantitative estimate of drug-likeness (QED) is 0.300. The van der Waals surface area contributed by atoms with Gasteiger partial charge in [0.05, 0.1) is 12.6 Å². The minimum absolute atomic E-state index is 0.0882. The van der Waals surface area contributed by atoms with Crippen molar-refractivity contribution < 1.29 is 36.6 Å². The van der Waals surface area contributed by atoms with Gasteiger partial charge in [-0.3, -0.25) is 14.5 Å². The molecule has 2 atom stereocenters. The maximum Gasteiger partial charge on any atom is 0.290 e. The lowest BCUT2D eigenvalue weighted by atomic mass is 10.0. The number of likely N-dealkylation sites (tertiary alicyclic amines) is 1. The Bertz CT molecular complexity index is 1060. The molecule has 0 unspecified atom stereocenters. The van der Waals surface area contributed by atoms with Gasteiger partial charge < -0.3 is 15.7 Å². The van der Waals surface area contributed by atoms with Crippen LogP contribution < -0.4 is 5.73 Å². The van der Waals surface area contributed by atoms with E-state index in [4.69, 9.17) is 27.2 Å². The molecule has 1 saturated heterocycles. The van der Waals surface area contributed by atoms with Crippen LogP contribution in [0.4, 0.5) is 22.0 Å². The normalized spacial score (nSPS) is 16.6. The van der Waals surface area contributed by atoms with Gasteiger partial charge in [0.25, 0.3) is 12.4 Å². The third kappa shape index (κ3) is 8.14. The van der Waals surface area contributed by atoms with Crippen molar-refractivity contribution in [1.29, 1.82) is 0 Å². The lowest BCUT2D eigenvalue weighted by molar-refractivity contribution is -0.131. The van der Waals surface area contributed by atoms with E-state index in [-0.39, 0.29) is 44.4 Å². The first-order valence-corrected chi connectivity index (χ1v) is 11.3. The molecule has 0 aromatic heterocycles. The Labute approximate surface area is 210 Å². The Balaban J connectivity index is 0.00000145. The monoisotopic (exact) mass is 535 g/mol. The molecular weight excluding hydrogens is 509 g/mol. The third-order valence-corrected chi connectivity index (χ3v) is 6.13. The summed E-state index contributed by atoms with van der Waals surface area (Å²) in [7, 11) is 1.52. The van der Waals surface area contributed by atoms with Gasteiger partial charge in [0.1, 0.15) is 5.82 Å². The Morgan fingerprint density at radius 1 is 1.22 bits per heavy atom. The molecule has 2 aromatic carbocycles. The number of alkyl halides is 2. The van der Waals surface area contributed by atoms with Gasteiger partial charge in [-0.2, -0.15) is 0 Å². The van der Waals surface area contributed by atoms with E-state index in [1.807, 2.05) is 0 Å². The number of nitrogens with zero attached hydrogens (tertiary/aromatic N) is 2. The van der Waals surface area contributed by atoms with E-state index in [0.29, 0.717) is 16.7 Å². The van der Waals surface area contributed by atoms with E-state index in [2.05, 4.69) is 0 Å². The average molecular weight is 536 g/mol. The highest BCUT2D eigenvalue weighted by Gasteiger charge is 2.42. The molecule has 0 radical (unpaired) electrons. The van der Waals surface area contributed by atoms with E-state index < -0.39 is 47.9 Å². The van der Waals surface area contributed by atoms with Crippen molar-refractivity contribution in [3.8, 4) is 0 Å². The molecule has 1 amide bonds. The smallest absolute Gasteiger partial charge is 0.290 e. The van der Waals surface area contributed by atoms with Crippen LogP contribution in [0, 0.1) is 17.5 Å². The van der Waals surface area contributed by atoms with Crippen LogP contribution in [-0.4, -0.2) is 65.9 Å². The zero-order chi connectivity index (χ0) is 27.0. The number of likely N-dealkylation sites (N-methyl/N-ethyl adjacent to an activating group) is 1. The fourth-order valence-corrected chi connectivity index (χ4v) is 4.26. The number of hydrogen-bond acceptors (Lipinski definition) is 4. The number of carbonyl (C=O) groups is 2. The molecule has 6 nitrogen and oxygen atoms in total. The molecular formula is C24H27ClF5N3O3. The number of nitrogens with two attached hydrogens (primary N) is 1. The highest BCUT2D eigenvalue weighted by molar-refractivity contribution is 6.31. The second kappa shape index (κ2) is 13.0. The molecule has 0 bridgehead atoms. The van der Waals surface area contributed by atoms with Crippen molar-refractivity contribution in [2.75, 3.05) is 26.7 Å². The molecule has 2 aromatic rings. The minimum Gasteiger partial charge on any atom is -0.483 e. The van der Waals surface area contributed by atoms with Crippen LogP contribution in [-0.2, 0) is 16.0 Å². The second-order valence-corrected chi connectivity index (χ2v) is 8.93. The largest absolute Gasteiger partial charge is 0.483 e. The molecule has 1 heterocycles. The van der Waals surface area contributed by atoms with E-state index in [0.717, 1.165) is 6.07 Å². The van der Waals surface area contributed by atoms with Crippen LogP contribution in [0.2, 0.25) is 5.02 Å². The van der Waals surface area contributed by atoms with Crippen molar-refractivity contribution in [2.45, 2.75) is 37.3 Å². The number of carbonyl (C=O) groups excluding carboxylic acids is 1. The topological polar surface area (TPSA) is 86.9 Å². The minimum atomic E-state index is -2.82. The van der Waals surface area contributed by atoms with Crippen molar-refractivity contribution in [3.05, 3.63) is 70.0 Å². The Hall–Kier alpha value is -2.76. The van der Waals surface area contributed by atoms with Crippen molar-refractivity contribution in [3.63, 3.8) is 0 Å². The summed E-state index contributed by atoms with van der Waals surface area (Å²) < 4.78 is 68.2. The van der Waals surface area contributed by atoms with Gasteiger partial charge in [0.15, 0.2) is 11.6 Å². The van der Waals surface area contributed by atoms with Crippen LogP contribution in [0.15, 0.2) is 36.4 Å². The van der Waals surface area contributed by atoms with E-state index in [1.165, 1.54) is 11.9 Å². The summed E-state index contributed by atoms with van der Waals surface area (Å²) in [4.78, 5) is 24.1. The Kier molecular flexibility index (Phi) is 10.6. The fourth-order valence-electron chi connectivity index (χ4n) is 4.00. The van der Waals surface area contributed by atoms with Gasteiger partial charge >= 0.3 is 0 Å². The maximum atomic E-state index is 13.9. The molecule has 0 saturated carbocycles. The SMILES string of the molecule is CN(C[C@H](c1ccccc1Cl)N1CCC(F)(F)C1)C(=O)C[C@H](N)Cc1cc(F)c(F)cc1F.O=CO. The third-order valence-electron chi connectivity index (χ3n) is 5.78. The molecule has 3 rings (SSSR count). The zero-order valence-electron chi connectivity index (χ0n) is 19.4. The molecule has 3 N–H and O–H groups in total. The number of hydrogen-bond donors (Lipinski definition) is 2. The molecule has 1 aliphatic rings. The molecule has 1 aliphatic heterocycles. The molecule has 0 aliphatic carbocycles. The maximum absolute atomic E-state index is 13.9. The lowest BCUT2D eigenvalue weighted by Crippen LogP contribution is -2.41. The van der Waals surface area contributed by atoms with Crippen LogP contribution >= 0.6 is 11.6 Å². The van der Waals surface area contributed by atoms with Gasteiger partial charge in [-0.25, -0.2) is 22.0 Å². The van der Waals surface area contributed by atoms with Crippen LogP contribution in [0.1, 0.15) is 30.0 Å². The summed E-state index contributed by atoms with van der Waals surface area (Å²) in [6.45, 7) is -0.454. The Morgan fingerprint density at radius 3 is 2.42 bits per heavy atom. The zero-order valence-corrected chi connectivity index (χ0v) is 20.2. The predicted molar refractivity (Wildman–Crippen MR) is 124 cm³/mol. The molecule has 1 fully saturated rings. The molecule has 0 spiro atoms. The summed E-state index contributed by atoms with van der Waals surface area (Å²) >= 11 is 6.31. The lowest BCUT2D eigenvalue weighted by Gasteiger charge is -2.32. The summed E-state index contributed by atoms with van der Waals surface area (Å²) in [5, 5.41) is 7.30. The predicted octanol–water partition coefficient (Wildman–Crippen LogP) is 4.26. The van der Waals surface area contributed by atoms with Crippen molar-refractivity contribution in [2.24, 2.45) is 5.73 Å². The number of benzene rings is 2. The molecule has 36 heavy (non-hydrogen) atoms. The van der Waals surface area contributed by atoms with Crippen LogP contribution in [0.25, 0.3) is 0 Å². The number of amides is 1. The number of carboxylic acid groups (broad SMARTS) is 1. The van der Waals surface area contributed by atoms with Gasteiger partial charge in [-0.1, -0.05) is 29.8 Å². The fraction of sp³-hybridized carbons (Fsp3) is 0.417. The van der Waals surface area contributed by atoms with Gasteiger partial charge in [-0.15, -0.1) is 0 Å². The summed E-state index contributed by atoms with van der Waals surface area (Å²) in [6, 6.07) is 6.62. The Morgan fingerprint density at radius 2 is 1.83 bits per heavy atom. The number of halogens is 6. The highest BCUT2D eigenvalue weighted by atomic mass is 35.5. The summed E-state index contributed by atoms with van der Waals surface area (Å²) in [6.07, 6.45) is -0.647. The summed E-state index contributed by atoms with van der Waals surface area (Å²) in [5.74, 6) is -6.67. The van der Waals surface area contributed by atoms with Crippen molar-refractivity contribution >= 4 is 24.0 Å². The van der Waals surface area contributed by atoms with Crippen LogP contribution in [0.5, 0.6) is 0 Å².